The summed E-state index contributed by atoms with van der Waals surface area (Å²) in [7, 11) is -11.0. The molecule has 0 unspecified atom stereocenters. The summed E-state index contributed by atoms with van der Waals surface area (Å²) < 4.78 is 22.7. The summed E-state index contributed by atoms with van der Waals surface area (Å²) in [6.45, 7) is 2.90. The first-order valence-electron chi connectivity index (χ1n) is 12.0. The summed E-state index contributed by atoms with van der Waals surface area (Å²) in [6, 6.07) is 7.11. The van der Waals surface area contributed by atoms with E-state index >= 15 is 0 Å². The molecule has 0 aliphatic carbocycles. The fourth-order valence-electron chi connectivity index (χ4n) is 3.59. The minimum atomic E-state index is -5.50. The number of benzene rings is 1. The lowest BCUT2D eigenvalue weighted by atomic mass is 10.1. The van der Waals surface area contributed by atoms with Gasteiger partial charge in [-0.2, -0.15) is 0 Å². The smallest absolute Gasteiger partial charge is 0.369 e. The number of halogens is 2. The third-order valence-electron chi connectivity index (χ3n) is 5.82. The number of carbonyl (C=O) groups is 2. The highest BCUT2D eigenvalue weighted by Gasteiger charge is 2.58. The summed E-state index contributed by atoms with van der Waals surface area (Å²) in [5.74, 6) is 0.196. The average molecular weight is 620 g/mol. The number of aryl methyl sites for hydroxylation is 1. The second kappa shape index (κ2) is 16.2. The van der Waals surface area contributed by atoms with E-state index in [0.717, 1.165) is 11.3 Å². The molecule has 2 amide bonds. The molecule has 0 saturated heterocycles. The van der Waals surface area contributed by atoms with Gasteiger partial charge in [-0.15, -0.1) is 23.2 Å². The molecule has 218 valence electrons. The van der Waals surface area contributed by atoms with Crippen LogP contribution < -0.4 is 15.5 Å². The quantitative estimate of drug-likeness (QED) is 0.0725. The number of carbonyl (C=O) groups excluding carboxylic acids is 2. The maximum atomic E-state index is 12.2. The van der Waals surface area contributed by atoms with E-state index in [1.54, 1.807) is 0 Å². The SMILES string of the molecule is C[C@H](NC(=O)CCCc1ccc(N(CCCl)CCCl)cc1)C(=O)NCCCCC(O)(P(=O)(O)O)P(=O)(O)O. The Labute approximate surface area is 232 Å². The van der Waals surface area contributed by atoms with Gasteiger partial charge in [0.05, 0.1) is 0 Å². The van der Waals surface area contributed by atoms with Gasteiger partial charge in [-0.05, 0) is 56.7 Å². The average Bonchev–Trinajstić information content (AvgIpc) is 2.82. The predicted octanol–water partition coefficient (Wildman–Crippen LogP) is 2.09. The lowest BCUT2D eigenvalue weighted by Crippen LogP contribution is -2.45. The van der Waals surface area contributed by atoms with Crippen LogP contribution in [0.1, 0.15) is 44.6 Å². The Bertz CT molecular complexity index is 961. The Morgan fingerprint density at radius 1 is 0.974 bits per heavy atom. The molecule has 1 rings (SSSR count). The standard InChI is InChI=1S/C22H37Cl2N3O9P2/c1-17(21(29)25-14-3-2-11-22(30,37(31,32)33)38(34,35)36)26-20(28)6-4-5-18-7-9-19(10-8-18)27(15-12-23)16-13-24/h7-10,17,30H,2-6,11-16H2,1H3,(H,25,29)(H,26,28)(H2,31,32,33)(H2,34,35,36)/t17-/m0/s1. The van der Waals surface area contributed by atoms with Gasteiger partial charge in [0, 0.05) is 43.5 Å². The second-order valence-electron chi connectivity index (χ2n) is 8.78. The van der Waals surface area contributed by atoms with Crippen molar-refractivity contribution in [1.82, 2.24) is 10.6 Å². The number of alkyl halides is 2. The molecule has 0 heterocycles. The molecule has 1 atom stereocenters. The van der Waals surface area contributed by atoms with Gasteiger partial charge in [-0.1, -0.05) is 12.1 Å². The van der Waals surface area contributed by atoms with Gasteiger partial charge in [-0.3, -0.25) is 18.7 Å². The van der Waals surface area contributed by atoms with Gasteiger partial charge in [0.2, 0.25) is 11.8 Å². The topological polar surface area (TPSA) is 197 Å². The maximum absolute atomic E-state index is 12.2. The van der Waals surface area contributed by atoms with Crippen molar-refractivity contribution in [3.8, 4) is 0 Å². The van der Waals surface area contributed by atoms with Crippen molar-refractivity contribution in [3.05, 3.63) is 29.8 Å². The second-order valence-corrected chi connectivity index (χ2v) is 13.5. The Morgan fingerprint density at radius 3 is 2.03 bits per heavy atom. The molecule has 12 nitrogen and oxygen atoms in total. The highest BCUT2D eigenvalue weighted by molar-refractivity contribution is 7.72. The molecular formula is C22H37Cl2N3O9P2. The Kier molecular flexibility index (Phi) is 14.8. The number of amides is 2. The first-order valence-corrected chi connectivity index (χ1v) is 16.3. The first-order chi connectivity index (χ1) is 17.7. The molecular weight excluding hydrogens is 583 g/mol. The van der Waals surface area contributed by atoms with E-state index in [9.17, 15) is 23.8 Å². The van der Waals surface area contributed by atoms with Gasteiger partial charge < -0.3 is 40.2 Å². The van der Waals surface area contributed by atoms with Crippen molar-refractivity contribution in [2.45, 2.75) is 56.6 Å². The summed E-state index contributed by atoms with van der Waals surface area (Å²) >= 11 is 11.7. The van der Waals surface area contributed by atoms with Gasteiger partial charge in [0.15, 0.2) is 0 Å². The summed E-state index contributed by atoms with van der Waals surface area (Å²) in [6.07, 6.45) is 0.525. The van der Waals surface area contributed by atoms with Gasteiger partial charge in [0.25, 0.3) is 5.08 Å². The first kappa shape index (κ1) is 34.8. The number of anilines is 1. The predicted molar refractivity (Wildman–Crippen MR) is 147 cm³/mol. The van der Waals surface area contributed by atoms with E-state index in [0.29, 0.717) is 37.7 Å². The van der Waals surface area contributed by atoms with Crippen LogP contribution in [-0.4, -0.2) is 79.0 Å². The molecule has 0 aliphatic heterocycles. The zero-order chi connectivity index (χ0) is 29.0. The number of unbranched alkanes of at least 4 members (excludes halogenated alkanes) is 1. The molecule has 0 aromatic heterocycles. The normalized spacial score (nSPS) is 13.2. The zero-order valence-corrected chi connectivity index (χ0v) is 24.4. The van der Waals surface area contributed by atoms with Crippen molar-refractivity contribution in [2.24, 2.45) is 0 Å². The molecule has 0 bridgehead atoms. The van der Waals surface area contributed by atoms with Crippen molar-refractivity contribution in [2.75, 3.05) is 36.3 Å². The van der Waals surface area contributed by atoms with Crippen molar-refractivity contribution in [3.63, 3.8) is 0 Å². The van der Waals surface area contributed by atoms with Gasteiger partial charge >= 0.3 is 15.2 Å². The van der Waals surface area contributed by atoms with Gasteiger partial charge in [-0.25, -0.2) is 0 Å². The third-order valence-corrected chi connectivity index (χ3v) is 10.0. The summed E-state index contributed by atoms with van der Waals surface area (Å²) in [5, 5.41) is 11.5. The van der Waals surface area contributed by atoms with Crippen LogP contribution in [0.4, 0.5) is 5.69 Å². The number of nitrogens with one attached hydrogen (secondary N) is 2. The molecule has 0 radical (unpaired) electrons. The van der Waals surface area contributed by atoms with E-state index in [1.165, 1.54) is 6.92 Å². The number of nitrogens with zero attached hydrogens (tertiary/aromatic N) is 1. The minimum Gasteiger partial charge on any atom is -0.369 e. The maximum Gasteiger partial charge on any atom is 0.369 e. The molecule has 0 aliphatic rings. The molecule has 1 aromatic carbocycles. The molecule has 0 spiro atoms. The Morgan fingerprint density at radius 2 is 1.53 bits per heavy atom. The van der Waals surface area contributed by atoms with Crippen LogP contribution in [0.3, 0.4) is 0 Å². The molecule has 1 aromatic rings. The molecule has 0 saturated carbocycles. The van der Waals surface area contributed by atoms with E-state index in [4.69, 9.17) is 42.8 Å². The largest absolute Gasteiger partial charge is 0.369 e. The highest BCUT2D eigenvalue weighted by atomic mass is 35.5. The molecule has 38 heavy (non-hydrogen) atoms. The van der Waals surface area contributed by atoms with Crippen LogP contribution >= 0.6 is 38.4 Å². The molecule has 7 N–H and O–H groups in total. The fraction of sp³-hybridized carbons (Fsp3) is 0.636. The lowest BCUT2D eigenvalue weighted by Gasteiger charge is -2.29. The summed E-state index contributed by atoms with van der Waals surface area (Å²) in [4.78, 5) is 63.0. The summed E-state index contributed by atoms with van der Waals surface area (Å²) in [5.41, 5.74) is 2.08. The van der Waals surface area contributed by atoms with E-state index in [2.05, 4.69) is 15.5 Å². The highest BCUT2D eigenvalue weighted by Crippen LogP contribution is 2.69. The number of rotatable bonds is 18. The lowest BCUT2D eigenvalue weighted by molar-refractivity contribution is -0.128. The van der Waals surface area contributed by atoms with Crippen molar-refractivity contribution >= 4 is 55.9 Å². The van der Waals surface area contributed by atoms with Crippen LogP contribution in [0.2, 0.25) is 0 Å². The Balaban J connectivity index is 2.37. The van der Waals surface area contributed by atoms with Crippen LogP contribution in [0.25, 0.3) is 0 Å². The van der Waals surface area contributed by atoms with E-state index < -0.39 is 38.6 Å². The fourth-order valence-corrected chi connectivity index (χ4v) is 6.26. The third kappa shape index (κ3) is 11.1. The van der Waals surface area contributed by atoms with Crippen LogP contribution in [0, 0.1) is 0 Å². The van der Waals surface area contributed by atoms with E-state index in [-0.39, 0.29) is 31.7 Å². The molecule has 16 heteroatoms. The minimum absolute atomic E-state index is 0.0145. The number of hydrogen-bond donors (Lipinski definition) is 7. The number of hydrogen-bond acceptors (Lipinski definition) is 6. The van der Waals surface area contributed by atoms with Crippen LogP contribution in [-0.2, 0) is 25.1 Å². The zero-order valence-electron chi connectivity index (χ0n) is 21.1. The van der Waals surface area contributed by atoms with Gasteiger partial charge in [0.1, 0.15) is 6.04 Å². The van der Waals surface area contributed by atoms with Crippen LogP contribution in [0.5, 0.6) is 0 Å². The number of aliphatic hydroxyl groups is 1. The monoisotopic (exact) mass is 619 g/mol. The van der Waals surface area contributed by atoms with E-state index in [1.807, 2.05) is 24.3 Å². The Hall–Kier alpha value is -1.20. The van der Waals surface area contributed by atoms with Crippen LogP contribution in [0.15, 0.2) is 24.3 Å². The van der Waals surface area contributed by atoms with Crippen molar-refractivity contribution in [1.29, 1.82) is 0 Å². The molecule has 0 fully saturated rings. The van der Waals surface area contributed by atoms with Crippen molar-refractivity contribution < 1.29 is 43.4 Å².